The SMILES string of the molecule is CC1(NCc2cc([N+](=O)[O-])c(F)cc2F)CCCOC1. The molecule has 1 aliphatic rings. The summed E-state index contributed by atoms with van der Waals surface area (Å²) in [6.07, 6.45) is 1.77. The second-order valence-corrected chi connectivity index (χ2v) is 5.22. The van der Waals surface area contributed by atoms with Crippen LogP contribution in [0, 0.1) is 21.7 Å². The van der Waals surface area contributed by atoms with Gasteiger partial charge in [-0.15, -0.1) is 0 Å². The van der Waals surface area contributed by atoms with Crippen LogP contribution in [0.1, 0.15) is 25.3 Å². The molecule has 20 heavy (non-hydrogen) atoms. The Morgan fingerprint density at radius 2 is 2.20 bits per heavy atom. The molecule has 1 saturated heterocycles. The van der Waals surface area contributed by atoms with Gasteiger partial charge < -0.3 is 10.1 Å². The van der Waals surface area contributed by atoms with E-state index in [4.69, 9.17) is 4.74 Å². The van der Waals surface area contributed by atoms with Gasteiger partial charge in [0.2, 0.25) is 5.82 Å². The molecule has 0 bridgehead atoms. The number of nitro benzene ring substituents is 1. The molecule has 0 aliphatic carbocycles. The van der Waals surface area contributed by atoms with Crippen LogP contribution in [-0.2, 0) is 11.3 Å². The van der Waals surface area contributed by atoms with Gasteiger partial charge in [0.15, 0.2) is 0 Å². The smallest absolute Gasteiger partial charge is 0.305 e. The molecular formula is C13H16F2N2O3. The number of nitro groups is 1. The molecule has 110 valence electrons. The first-order valence-corrected chi connectivity index (χ1v) is 6.36. The van der Waals surface area contributed by atoms with Crippen molar-refractivity contribution in [3.8, 4) is 0 Å². The summed E-state index contributed by atoms with van der Waals surface area (Å²) in [6.45, 7) is 3.24. The number of rotatable bonds is 4. The number of halogens is 2. The van der Waals surface area contributed by atoms with Crippen LogP contribution in [0.4, 0.5) is 14.5 Å². The Labute approximate surface area is 115 Å². The van der Waals surface area contributed by atoms with Crippen molar-refractivity contribution in [3.05, 3.63) is 39.4 Å². The third-order valence-corrected chi connectivity index (χ3v) is 3.46. The Hall–Kier alpha value is -1.60. The van der Waals surface area contributed by atoms with Crippen molar-refractivity contribution in [1.29, 1.82) is 0 Å². The normalized spacial score (nSPS) is 22.8. The van der Waals surface area contributed by atoms with Crippen molar-refractivity contribution in [2.75, 3.05) is 13.2 Å². The van der Waals surface area contributed by atoms with Crippen LogP contribution in [-0.4, -0.2) is 23.7 Å². The van der Waals surface area contributed by atoms with Crippen LogP contribution in [0.5, 0.6) is 0 Å². The van der Waals surface area contributed by atoms with E-state index in [-0.39, 0.29) is 17.6 Å². The molecule has 1 N–H and O–H groups in total. The molecule has 1 fully saturated rings. The van der Waals surface area contributed by atoms with Crippen molar-refractivity contribution in [2.45, 2.75) is 31.8 Å². The molecule has 1 unspecified atom stereocenters. The largest absolute Gasteiger partial charge is 0.380 e. The van der Waals surface area contributed by atoms with Crippen molar-refractivity contribution < 1.29 is 18.4 Å². The van der Waals surface area contributed by atoms with Gasteiger partial charge in [0, 0.05) is 36.4 Å². The molecule has 5 nitrogen and oxygen atoms in total. The molecule has 0 radical (unpaired) electrons. The highest BCUT2D eigenvalue weighted by molar-refractivity contribution is 5.37. The minimum Gasteiger partial charge on any atom is -0.380 e. The average molecular weight is 286 g/mol. The van der Waals surface area contributed by atoms with Crippen molar-refractivity contribution in [1.82, 2.24) is 5.32 Å². The third kappa shape index (κ3) is 3.29. The maximum absolute atomic E-state index is 13.6. The summed E-state index contributed by atoms with van der Waals surface area (Å²) in [5.74, 6) is -1.95. The fourth-order valence-electron chi connectivity index (χ4n) is 2.24. The molecule has 0 spiro atoms. The van der Waals surface area contributed by atoms with Crippen molar-refractivity contribution >= 4 is 5.69 Å². The first-order valence-electron chi connectivity index (χ1n) is 6.36. The lowest BCUT2D eigenvalue weighted by molar-refractivity contribution is -0.387. The van der Waals surface area contributed by atoms with E-state index in [0.717, 1.165) is 18.9 Å². The molecular weight excluding hydrogens is 270 g/mol. The summed E-state index contributed by atoms with van der Waals surface area (Å²) in [5, 5.41) is 13.8. The van der Waals surface area contributed by atoms with Crippen LogP contribution >= 0.6 is 0 Å². The first kappa shape index (κ1) is 14.8. The monoisotopic (exact) mass is 286 g/mol. The molecule has 2 rings (SSSR count). The van der Waals surface area contributed by atoms with Gasteiger partial charge in [0.25, 0.3) is 0 Å². The van der Waals surface area contributed by atoms with Crippen LogP contribution in [0.25, 0.3) is 0 Å². The van der Waals surface area contributed by atoms with Crippen LogP contribution < -0.4 is 5.32 Å². The standard InChI is InChI=1S/C13H16F2N2O3/c1-13(3-2-4-20-8-13)16-7-9-5-12(17(18)19)11(15)6-10(9)14/h5-6,16H,2-4,7-8H2,1H3. The van der Waals surface area contributed by atoms with Crippen LogP contribution in [0.2, 0.25) is 0 Å². The Bertz CT molecular complexity index is 517. The lowest BCUT2D eigenvalue weighted by Gasteiger charge is -2.34. The van der Waals surface area contributed by atoms with E-state index >= 15 is 0 Å². The lowest BCUT2D eigenvalue weighted by atomic mass is 9.94. The maximum atomic E-state index is 13.6. The van der Waals surface area contributed by atoms with Gasteiger partial charge in [0.05, 0.1) is 11.5 Å². The highest BCUT2D eigenvalue weighted by atomic mass is 19.1. The van der Waals surface area contributed by atoms with Gasteiger partial charge in [0.1, 0.15) is 5.82 Å². The highest BCUT2D eigenvalue weighted by Gasteiger charge is 2.27. The fourth-order valence-corrected chi connectivity index (χ4v) is 2.24. The van der Waals surface area contributed by atoms with Gasteiger partial charge in [-0.1, -0.05) is 0 Å². The van der Waals surface area contributed by atoms with Gasteiger partial charge in [-0.3, -0.25) is 10.1 Å². The van der Waals surface area contributed by atoms with Crippen molar-refractivity contribution in [3.63, 3.8) is 0 Å². The first-order chi connectivity index (χ1) is 9.41. The van der Waals surface area contributed by atoms with E-state index in [1.165, 1.54) is 0 Å². The summed E-state index contributed by atoms with van der Waals surface area (Å²) >= 11 is 0. The molecule has 0 aromatic heterocycles. The van der Waals surface area contributed by atoms with Crippen LogP contribution in [0.3, 0.4) is 0 Å². The van der Waals surface area contributed by atoms with Crippen LogP contribution in [0.15, 0.2) is 12.1 Å². The Morgan fingerprint density at radius 1 is 1.45 bits per heavy atom. The Morgan fingerprint density at radius 3 is 2.80 bits per heavy atom. The molecule has 1 atom stereocenters. The summed E-state index contributed by atoms with van der Waals surface area (Å²) < 4.78 is 32.2. The molecule has 1 aliphatic heterocycles. The number of nitrogens with zero attached hydrogens (tertiary/aromatic N) is 1. The summed E-state index contributed by atoms with van der Waals surface area (Å²) in [7, 11) is 0. The van der Waals surface area contributed by atoms with E-state index in [0.29, 0.717) is 19.3 Å². The number of benzene rings is 1. The van der Waals surface area contributed by atoms with E-state index in [1.54, 1.807) is 0 Å². The minimum atomic E-state index is -1.16. The average Bonchev–Trinajstić information content (AvgIpc) is 2.38. The Kier molecular flexibility index (Phi) is 4.29. The van der Waals surface area contributed by atoms with E-state index in [1.807, 2.05) is 6.92 Å². The summed E-state index contributed by atoms with van der Waals surface area (Å²) in [4.78, 5) is 9.80. The van der Waals surface area contributed by atoms with E-state index in [2.05, 4.69) is 5.32 Å². The van der Waals surface area contributed by atoms with Gasteiger partial charge in [-0.25, -0.2) is 4.39 Å². The molecule has 0 amide bonds. The third-order valence-electron chi connectivity index (χ3n) is 3.46. The number of ether oxygens (including phenoxy) is 1. The minimum absolute atomic E-state index is 0.0740. The number of nitrogens with one attached hydrogen (secondary N) is 1. The Balaban J connectivity index is 2.12. The maximum Gasteiger partial charge on any atom is 0.305 e. The zero-order valence-electron chi connectivity index (χ0n) is 11.1. The zero-order valence-corrected chi connectivity index (χ0v) is 11.1. The van der Waals surface area contributed by atoms with Gasteiger partial charge in [-0.2, -0.15) is 4.39 Å². The quantitative estimate of drug-likeness (QED) is 0.682. The molecule has 0 saturated carbocycles. The molecule has 1 aromatic carbocycles. The number of hydrogen-bond donors (Lipinski definition) is 1. The van der Waals surface area contributed by atoms with E-state index < -0.39 is 22.2 Å². The predicted molar refractivity (Wildman–Crippen MR) is 68.3 cm³/mol. The van der Waals surface area contributed by atoms with Crippen molar-refractivity contribution in [2.24, 2.45) is 0 Å². The summed E-state index contributed by atoms with van der Waals surface area (Å²) in [6, 6.07) is 1.49. The predicted octanol–water partition coefficient (Wildman–Crippen LogP) is 2.53. The molecule has 1 aromatic rings. The topological polar surface area (TPSA) is 64.4 Å². The molecule has 7 heteroatoms. The fraction of sp³-hybridized carbons (Fsp3) is 0.538. The zero-order chi connectivity index (χ0) is 14.8. The second kappa shape index (κ2) is 5.80. The highest BCUT2D eigenvalue weighted by Crippen LogP contribution is 2.23. The molecule has 1 heterocycles. The second-order valence-electron chi connectivity index (χ2n) is 5.22. The summed E-state index contributed by atoms with van der Waals surface area (Å²) in [5.41, 5.74) is -0.938. The van der Waals surface area contributed by atoms with E-state index in [9.17, 15) is 18.9 Å². The van der Waals surface area contributed by atoms with Gasteiger partial charge in [-0.05, 0) is 19.8 Å². The van der Waals surface area contributed by atoms with Gasteiger partial charge >= 0.3 is 5.69 Å². The lowest BCUT2D eigenvalue weighted by Crippen LogP contribution is -2.48. The number of hydrogen-bond acceptors (Lipinski definition) is 4.